The molecule has 2 aliphatic rings. The van der Waals surface area contributed by atoms with Crippen molar-refractivity contribution in [1.82, 2.24) is 10.2 Å². The summed E-state index contributed by atoms with van der Waals surface area (Å²) < 4.78 is 0. The molecule has 0 saturated carbocycles. The lowest BCUT2D eigenvalue weighted by molar-refractivity contribution is 0.260. The summed E-state index contributed by atoms with van der Waals surface area (Å²) in [6.07, 6.45) is 4.13. The summed E-state index contributed by atoms with van der Waals surface area (Å²) in [5.74, 6) is 0. The molecule has 2 aliphatic heterocycles. The molecule has 1 atom stereocenters. The molecule has 0 aliphatic carbocycles. The number of nitrogens with one attached hydrogen (secondary N) is 1. The third-order valence-corrected chi connectivity index (χ3v) is 4.50. The fourth-order valence-electron chi connectivity index (χ4n) is 3.41. The number of likely N-dealkylation sites (tertiary alicyclic amines) is 1. The fraction of sp³-hybridized carbons (Fsp3) is 0.625. The van der Waals surface area contributed by atoms with Crippen LogP contribution in [0.1, 0.15) is 24.8 Å². The van der Waals surface area contributed by atoms with Gasteiger partial charge in [-0.1, -0.05) is 12.1 Å². The molecule has 3 nitrogen and oxygen atoms in total. The van der Waals surface area contributed by atoms with Crippen LogP contribution in [0.2, 0.25) is 0 Å². The van der Waals surface area contributed by atoms with E-state index < -0.39 is 0 Å². The first-order valence-electron chi connectivity index (χ1n) is 7.59. The first kappa shape index (κ1) is 12.9. The zero-order chi connectivity index (χ0) is 13.1. The molecular weight excluding hydrogens is 234 g/mol. The topological polar surface area (TPSA) is 18.5 Å². The van der Waals surface area contributed by atoms with Gasteiger partial charge in [0, 0.05) is 31.4 Å². The van der Waals surface area contributed by atoms with Crippen LogP contribution in [0.3, 0.4) is 0 Å². The van der Waals surface area contributed by atoms with E-state index in [2.05, 4.69) is 39.4 Å². The van der Waals surface area contributed by atoms with Crippen LogP contribution in [-0.2, 0) is 6.54 Å². The summed E-state index contributed by atoms with van der Waals surface area (Å²) in [5, 5.41) is 3.20. The lowest BCUT2D eigenvalue weighted by atomic mass is 10.2. The lowest BCUT2D eigenvalue weighted by Gasteiger charge is -2.24. The quantitative estimate of drug-likeness (QED) is 0.893. The Balaban J connectivity index is 1.60. The number of hydrogen-bond donors (Lipinski definition) is 1. The highest BCUT2D eigenvalue weighted by atomic mass is 15.3. The van der Waals surface area contributed by atoms with Crippen molar-refractivity contribution in [3.8, 4) is 0 Å². The van der Waals surface area contributed by atoms with Crippen LogP contribution in [0.5, 0.6) is 0 Å². The van der Waals surface area contributed by atoms with Crippen molar-refractivity contribution in [1.29, 1.82) is 0 Å². The number of benzene rings is 1. The van der Waals surface area contributed by atoms with E-state index in [9.17, 15) is 0 Å². The smallest absolute Gasteiger partial charge is 0.0366 e. The average molecular weight is 259 g/mol. The molecule has 1 aromatic carbocycles. The largest absolute Gasteiger partial charge is 0.370 e. The van der Waals surface area contributed by atoms with Gasteiger partial charge in [0.05, 0.1) is 0 Å². The van der Waals surface area contributed by atoms with Crippen molar-refractivity contribution in [3.63, 3.8) is 0 Å². The van der Waals surface area contributed by atoms with Crippen LogP contribution >= 0.6 is 0 Å². The molecule has 3 heteroatoms. The molecule has 0 spiro atoms. The first-order chi connectivity index (χ1) is 9.36. The van der Waals surface area contributed by atoms with Crippen molar-refractivity contribution < 1.29 is 0 Å². The molecule has 1 aromatic rings. The van der Waals surface area contributed by atoms with Gasteiger partial charge < -0.3 is 10.2 Å². The standard InChI is InChI=1S/C16H25N3/c1-17-12-14-4-6-15(7-5-14)19-11-8-16(13-19)18-9-2-3-10-18/h4-7,16-17H,2-3,8-13H2,1H3. The van der Waals surface area contributed by atoms with Crippen LogP contribution in [0, 0.1) is 0 Å². The fourth-order valence-corrected chi connectivity index (χ4v) is 3.41. The normalized spacial score (nSPS) is 24.3. The Morgan fingerprint density at radius 3 is 2.53 bits per heavy atom. The minimum absolute atomic E-state index is 0.791. The molecule has 2 fully saturated rings. The Morgan fingerprint density at radius 1 is 1.11 bits per heavy atom. The van der Waals surface area contributed by atoms with Crippen LogP contribution in [0.25, 0.3) is 0 Å². The highest BCUT2D eigenvalue weighted by Crippen LogP contribution is 2.25. The predicted molar refractivity (Wildman–Crippen MR) is 80.6 cm³/mol. The zero-order valence-corrected chi connectivity index (χ0v) is 11.9. The molecule has 0 radical (unpaired) electrons. The molecule has 19 heavy (non-hydrogen) atoms. The van der Waals surface area contributed by atoms with Gasteiger partial charge in [-0.2, -0.15) is 0 Å². The van der Waals surface area contributed by atoms with Gasteiger partial charge in [-0.3, -0.25) is 4.90 Å². The van der Waals surface area contributed by atoms with Crippen LogP contribution in [-0.4, -0.2) is 44.2 Å². The van der Waals surface area contributed by atoms with E-state index >= 15 is 0 Å². The van der Waals surface area contributed by atoms with Gasteiger partial charge >= 0.3 is 0 Å². The Kier molecular flexibility index (Phi) is 4.04. The second-order valence-electron chi connectivity index (χ2n) is 5.83. The first-order valence-corrected chi connectivity index (χ1v) is 7.59. The molecule has 0 aromatic heterocycles. The maximum atomic E-state index is 3.20. The van der Waals surface area contributed by atoms with Crippen LogP contribution in [0.15, 0.2) is 24.3 Å². The van der Waals surface area contributed by atoms with Gasteiger partial charge in [0.15, 0.2) is 0 Å². The monoisotopic (exact) mass is 259 g/mol. The molecule has 1 N–H and O–H groups in total. The number of anilines is 1. The van der Waals surface area contributed by atoms with Crippen LogP contribution in [0.4, 0.5) is 5.69 Å². The summed E-state index contributed by atoms with van der Waals surface area (Å²) in [6, 6.07) is 9.83. The Hall–Kier alpha value is -1.06. The summed E-state index contributed by atoms with van der Waals surface area (Å²) in [7, 11) is 2.00. The van der Waals surface area contributed by atoms with Gasteiger partial charge in [0.1, 0.15) is 0 Å². The number of rotatable bonds is 4. The third-order valence-electron chi connectivity index (χ3n) is 4.50. The zero-order valence-electron chi connectivity index (χ0n) is 11.9. The second-order valence-corrected chi connectivity index (χ2v) is 5.83. The highest BCUT2D eigenvalue weighted by molar-refractivity contribution is 5.48. The summed E-state index contributed by atoms with van der Waals surface area (Å²) in [6.45, 7) is 6.02. The van der Waals surface area contributed by atoms with E-state index in [1.54, 1.807) is 0 Å². The third kappa shape index (κ3) is 2.93. The Labute approximate surface area is 116 Å². The van der Waals surface area contributed by atoms with Gasteiger partial charge in [0.2, 0.25) is 0 Å². The van der Waals surface area contributed by atoms with E-state index in [4.69, 9.17) is 0 Å². The lowest BCUT2D eigenvalue weighted by Crippen LogP contribution is -2.35. The maximum absolute atomic E-state index is 3.20. The minimum Gasteiger partial charge on any atom is -0.370 e. The van der Waals surface area contributed by atoms with Gasteiger partial charge in [-0.25, -0.2) is 0 Å². The van der Waals surface area contributed by atoms with Crippen molar-refractivity contribution in [2.75, 3.05) is 38.1 Å². The molecule has 0 amide bonds. The maximum Gasteiger partial charge on any atom is 0.0366 e. The van der Waals surface area contributed by atoms with Crippen LogP contribution < -0.4 is 10.2 Å². The minimum atomic E-state index is 0.791. The Morgan fingerprint density at radius 2 is 1.84 bits per heavy atom. The van der Waals surface area contributed by atoms with Gasteiger partial charge in [-0.05, 0) is 57.1 Å². The predicted octanol–water partition coefficient (Wildman–Crippen LogP) is 2.08. The molecule has 104 valence electrons. The van der Waals surface area contributed by atoms with Crippen molar-refractivity contribution in [2.24, 2.45) is 0 Å². The SMILES string of the molecule is CNCc1ccc(N2CCC(N3CCCC3)C2)cc1. The summed E-state index contributed by atoms with van der Waals surface area (Å²) in [4.78, 5) is 5.24. The second kappa shape index (κ2) is 5.93. The van der Waals surface area contributed by atoms with E-state index in [1.807, 2.05) is 7.05 Å². The number of hydrogen-bond acceptors (Lipinski definition) is 3. The van der Waals surface area contributed by atoms with Crippen molar-refractivity contribution >= 4 is 5.69 Å². The molecular formula is C16H25N3. The van der Waals surface area contributed by atoms with E-state index in [0.717, 1.165) is 12.6 Å². The van der Waals surface area contributed by atoms with Crippen molar-refractivity contribution in [2.45, 2.75) is 31.8 Å². The van der Waals surface area contributed by atoms with Gasteiger partial charge in [0.25, 0.3) is 0 Å². The summed E-state index contributed by atoms with van der Waals surface area (Å²) in [5.41, 5.74) is 2.75. The van der Waals surface area contributed by atoms with Crippen molar-refractivity contribution in [3.05, 3.63) is 29.8 Å². The molecule has 0 bridgehead atoms. The number of nitrogens with zero attached hydrogens (tertiary/aromatic N) is 2. The molecule has 1 unspecified atom stereocenters. The Bertz CT molecular complexity index is 395. The summed E-state index contributed by atoms with van der Waals surface area (Å²) >= 11 is 0. The van der Waals surface area contributed by atoms with E-state index in [-0.39, 0.29) is 0 Å². The molecule has 2 saturated heterocycles. The average Bonchev–Trinajstić information content (AvgIpc) is 3.11. The van der Waals surface area contributed by atoms with Gasteiger partial charge in [-0.15, -0.1) is 0 Å². The molecule has 2 heterocycles. The van der Waals surface area contributed by atoms with E-state index in [1.165, 1.54) is 56.7 Å². The highest BCUT2D eigenvalue weighted by Gasteiger charge is 2.29. The molecule has 3 rings (SSSR count). The van der Waals surface area contributed by atoms with E-state index in [0.29, 0.717) is 0 Å².